The summed E-state index contributed by atoms with van der Waals surface area (Å²) in [6.45, 7) is -1.80. The molecule has 0 aromatic heterocycles. The Morgan fingerprint density at radius 3 is 1.57 bits per heavy atom. The lowest BCUT2D eigenvalue weighted by atomic mass is 10.3. The third-order valence-corrected chi connectivity index (χ3v) is 1.79. The van der Waals surface area contributed by atoms with Crippen molar-refractivity contribution >= 4 is 23.5 Å². The van der Waals surface area contributed by atoms with Gasteiger partial charge in [-0.2, -0.15) is 30.7 Å². The van der Waals surface area contributed by atoms with Gasteiger partial charge in [-0.1, -0.05) is 0 Å². The summed E-state index contributed by atoms with van der Waals surface area (Å²) in [5, 5.41) is -4.25. The maximum atomic E-state index is 12.3. The van der Waals surface area contributed by atoms with Crippen LogP contribution in [0.4, 0.5) is 30.7 Å². The predicted molar refractivity (Wildman–Crippen MR) is 52.9 cm³/mol. The van der Waals surface area contributed by atoms with Gasteiger partial charge in [0.05, 0.1) is 0 Å². The summed E-state index contributed by atoms with van der Waals surface area (Å²) >= 11 is 4.27. The number of carbonyl (C=O) groups is 2. The molecule has 0 spiro atoms. The molecule has 0 saturated carbocycles. The fourth-order valence-electron chi connectivity index (χ4n) is 0.672. The maximum absolute atomic E-state index is 12.3. The molecular weight excluding hydrogens is 341 g/mol. The van der Waals surface area contributed by atoms with Crippen LogP contribution in [0.5, 0.6) is 0 Å². The van der Waals surface area contributed by atoms with Crippen molar-refractivity contribution < 1.29 is 49.8 Å². The van der Waals surface area contributed by atoms with Crippen molar-refractivity contribution in [3.05, 3.63) is 12.2 Å². The Labute approximate surface area is 117 Å². The largest absolute Gasteiger partial charge is 0.465 e. The highest BCUT2D eigenvalue weighted by Crippen LogP contribution is 2.36. The second-order valence-electron chi connectivity index (χ2n) is 3.24. The van der Waals surface area contributed by atoms with E-state index in [1.54, 1.807) is 0 Å². The number of carbonyl (C=O) groups excluding carboxylic acids is 2. The Bertz CT molecular complexity index is 413. The molecule has 0 aliphatic heterocycles. The van der Waals surface area contributed by atoms with E-state index in [4.69, 9.17) is 0 Å². The van der Waals surface area contributed by atoms with Crippen LogP contribution in [0.3, 0.4) is 0 Å². The molecule has 0 bridgehead atoms. The van der Waals surface area contributed by atoms with Crippen LogP contribution in [0.25, 0.3) is 0 Å². The molecule has 0 aliphatic rings. The molecule has 0 aromatic rings. The van der Waals surface area contributed by atoms with Gasteiger partial charge in [-0.25, -0.2) is 9.59 Å². The minimum Gasteiger partial charge on any atom is -0.457 e. The smallest absolute Gasteiger partial charge is 0.457 e. The second-order valence-corrected chi connectivity index (χ2v) is 3.71. The summed E-state index contributed by atoms with van der Waals surface area (Å²) in [4.78, 5) is 20.9. The molecule has 0 aromatic carbocycles. The van der Waals surface area contributed by atoms with E-state index in [1.165, 1.54) is 0 Å². The highest BCUT2D eigenvalue weighted by molar-refractivity contribution is 6.31. The first kappa shape index (κ1) is 19.5. The van der Waals surface area contributed by atoms with Crippen LogP contribution < -0.4 is 0 Å². The van der Waals surface area contributed by atoms with Crippen molar-refractivity contribution in [3.63, 3.8) is 0 Å². The van der Waals surface area contributed by atoms with Gasteiger partial charge in [0.2, 0.25) is 0 Å². The van der Waals surface area contributed by atoms with Crippen molar-refractivity contribution in [2.75, 3.05) is 13.2 Å². The van der Waals surface area contributed by atoms with Gasteiger partial charge in [0.15, 0.2) is 0 Å². The fraction of sp³-hybridized carbons (Fsp3) is 0.556. The molecule has 0 aliphatic carbocycles. The number of halogens is 8. The standard InChI is InChI=1S/C9H6ClF7O4/c10-8(13,14)6(19)21-4-2-1-3-20-5(18)7(11,12)9(15,16)17/h1-2H,3-4H2/b2-1+. The third-order valence-electron chi connectivity index (χ3n) is 1.63. The van der Waals surface area contributed by atoms with Gasteiger partial charge in [0, 0.05) is 0 Å². The average molecular weight is 347 g/mol. The van der Waals surface area contributed by atoms with Gasteiger partial charge in [-0.05, 0) is 23.8 Å². The third kappa shape index (κ3) is 6.19. The van der Waals surface area contributed by atoms with Gasteiger partial charge in [-0.3, -0.25) is 0 Å². The molecule has 0 rings (SSSR count). The molecule has 0 N–H and O–H groups in total. The van der Waals surface area contributed by atoms with E-state index in [1.807, 2.05) is 0 Å². The van der Waals surface area contributed by atoms with Gasteiger partial charge in [-0.15, -0.1) is 0 Å². The lowest BCUT2D eigenvalue weighted by Crippen LogP contribution is -2.45. The predicted octanol–water partition coefficient (Wildman–Crippen LogP) is 2.66. The fourth-order valence-corrected chi connectivity index (χ4v) is 0.726. The summed E-state index contributed by atoms with van der Waals surface area (Å²) in [6.07, 6.45) is -4.64. The number of esters is 2. The Hall–Kier alpha value is -1.52. The summed E-state index contributed by atoms with van der Waals surface area (Å²) in [5.74, 6) is -10.6. The Morgan fingerprint density at radius 2 is 1.24 bits per heavy atom. The quantitative estimate of drug-likeness (QED) is 0.321. The van der Waals surface area contributed by atoms with Gasteiger partial charge < -0.3 is 9.47 Å². The topological polar surface area (TPSA) is 52.6 Å². The van der Waals surface area contributed by atoms with Crippen LogP contribution >= 0.6 is 11.6 Å². The number of rotatable bonds is 6. The van der Waals surface area contributed by atoms with Gasteiger partial charge in [0.1, 0.15) is 13.2 Å². The van der Waals surface area contributed by atoms with E-state index >= 15 is 0 Å². The van der Waals surface area contributed by atoms with E-state index in [9.17, 15) is 40.3 Å². The molecule has 21 heavy (non-hydrogen) atoms. The van der Waals surface area contributed by atoms with Crippen LogP contribution in [-0.4, -0.2) is 42.6 Å². The van der Waals surface area contributed by atoms with Crippen molar-refractivity contribution in [2.24, 2.45) is 0 Å². The normalized spacial score (nSPS) is 13.3. The summed E-state index contributed by atoms with van der Waals surface area (Å²) < 4.78 is 91.4. The minimum atomic E-state index is -6.10. The maximum Gasteiger partial charge on any atom is 0.465 e. The molecule has 0 fully saturated rings. The van der Waals surface area contributed by atoms with Crippen molar-refractivity contribution in [3.8, 4) is 0 Å². The van der Waals surface area contributed by atoms with E-state index in [2.05, 4.69) is 21.1 Å². The molecule has 12 heteroatoms. The summed E-state index contributed by atoms with van der Waals surface area (Å²) in [5.41, 5.74) is 0. The van der Waals surface area contributed by atoms with Gasteiger partial charge >= 0.3 is 29.4 Å². The first-order valence-corrected chi connectivity index (χ1v) is 5.18. The average Bonchev–Trinajstić information content (AvgIpc) is 2.30. The number of alkyl halides is 8. The Morgan fingerprint density at radius 1 is 0.857 bits per heavy atom. The molecule has 4 nitrogen and oxygen atoms in total. The summed E-state index contributed by atoms with van der Waals surface area (Å²) in [7, 11) is 0. The molecule has 0 heterocycles. The zero-order valence-corrected chi connectivity index (χ0v) is 10.5. The van der Waals surface area contributed by atoms with E-state index in [-0.39, 0.29) is 0 Å². The number of hydrogen-bond acceptors (Lipinski definition) is 4. The molecule has 0 unspecified atom stereocenters. The van der Waals surface area contributed by atoms with Crippen LogP contribution in [0.1, 0.15) is 0 Å². The molecule has 0 amide bonds. The van der Waals surface area contributed by atoms with Crippen LogP contribution in [0.2, 0.25) is 0 Å². The first-order valence-electron chi connectivity index (χ1n) is 4.81. The van der Waals surface area contributed by atoms with Crippen LogP contribution in [0.15, 0.2) is 12.2 Å². The highest BCUT2D eigenvalue weighted by atomic mass is 35.5. The zero-order valence-electron chi connectivity index (χ0n) is 9.73. The monoisotopic (exact) mass is 346 g/mol. The van der Waals surface area contributed by atoms with Crippen molar-refractivity contribution in [1.29, 1.82) is 0 Å². The first-order chi connectivity index (χ1) is 9.30. The molecule has 0 radical (unpaired) electrons. The molecule has 0 atom stereocenters. The SMILES string of the molecule is O=C(OC/C=C/COC(=O)C(F)(F)C(F)(F)F)C(F)(F)Cl. The molecule has 122 valence electrons. The molecular formula is C9H6ClF7O4. The van der Waals surface area contributed by atoms with Crippen LogP contribution in [0, 0.1) is 0 Å². The van der Waals surface area contributed by atoms with Crippen molar-refractivity contribution in [1.82, 2.24) is 0 Å². The van der Waals surface area contributed by atoms with Crippen LogP contribution in [-0.2, 0) is 19.1 Å². The number of hydrogen-bond donors (Lipinski definition) is 0. The van der Waals surface area contributed by atoms with E-state index < -0.39 is 42.6 Å². The highest BCUT2D eigenvalue weighted by Gasteiger charge is 2.64. The lowest BCUT2D eigenvalue weighted by Gasteiger charge is -2.17. The van der Waals surface area contributed by atoms with Gasteiger partial charge in [0.25, 0.3) is 0 Å². The lowest BCUT2D eigenvalue weighted by molar-refractivity contribution is -0.280. The van der Waals surface area contributed by atoms with Crippen molar-refractivity contribution in [2.45, 2.75) is 17.5 Å². The summed E-state index contributed by atoms with van der Waals surface area (Å²) in [6, 6.07) is 0. The number of ether oxygens (including phenoxy) is 2. The van der Waals surface area contributed by atoms with E-state index in [0.29, 0.717) is 6.08 Å². The zero-order chi connectivity index (χ0) is 16.9. The van der Waals surface area contributed by atoms with E-state index in [0.717, 1.165) is 6.08 Å². The minimum absolute atomic E-state index is 0.698. The second kappa shape index (κ2) is 6.96. The molecule has 0 saturated heterocycles. The Kier molecular flexibility index (Phi) is 6.46. The Balaban J connectivity index is 4.14.